The zero-order valence-corrected chi connectivity index (χ0v) is 17.1. The van der Waals surface area contributed by atoms with Crippen LogP contribution >= 0.6 is 0 Å². The van der Waals surface area contributed by atoms with Crippen molar-refractivity contribution in [2.75, 3.05) is 25.0 Å². The van der Waals surface area contributed by atoms with Crippen molar-refractivity contribution in [2.45, 2.75) is 12.8 Å². The largest absolute Gasteiger partial charge is 0.493 e. The topological polar surface area (TPSA) is 142 Å². The molecule has 1 aliphatic heterocycles. The molecule has 3 N–H and O–H groups in total. The molecule has 0 saturated heterocycles. The van der Waals surface area contributed by atoms with E-state index in [1.165, 1.54) is 0 Å². The van der Waals surface area contributed by atoms with Gasteiger partial charge in [0.15, 0.2) is 5.78 Å². The Bertz CT molecular complexity index is 1120. The minimum absolute atomic E-state index is 0.0117. The Kier molecular flexibility index (Phi) is 6.20. The molecule has 0 spiro atoms. The van der Waals surface area contributed by atoms with Gasteiger partial charge in [0, 0.05) is 35.0 Å². The van der Waals surface area contributed by atoms with Crippen molar-refractivity contribution in [2.24, 2.45) is 16.3 Å². The number of hydrogen-bond acceptors (Lipinski definition) is 8. The third-order valence-corrected chi connectivity index (χ3v) is 5.38. The number of para-hydroxylation sites is 1. The minimum atomic E-state index is -0.830. The Morgan fingerprint density at radius 1 is 1.19 bits per heavy atom. The number of H-pyrrole nitrogens is 1. The first-order chi connectivity index (χ1) is 15.6. The van der Waals surface area contributed by atoms with E-state index in [0.29, 0.717) is 40.5 Å². The van der Waals surface area contributed by atoms with Gasteiger partial charge in [-0.25, -0.2) is 0 Å². The summed E-state index contributed by atoms with van der Waals surface area (Å²) >= 11 is 0. The summed E-state index contributed by atoms with van der Waals surface area (Å²) in [5.74, 6) is -1.28. The minimum Gasteiger partial charge on any atom is -0.493 e. The molecule has 1 aliphatic carbocycles. The van der Waals surface area contributed by atoms with Gasteiger partial charge in [0.1, 0.15) is 18.9 Å². The predicted molar refractivity (Wildman–Crippen MR) is 118 cm³/mol. The van der Waals surface area contributed by atoms with Crippen LogP contribution in [0, 0.1) is 15.7 Å². The third kappa shape index (κ3) is 4.20. The number of dihydropyridines is 1. The summed E-state index contributed by atoms with van der Waals surface area (Å²) < 4.78 is 5.76. The van der Waals surface area contributed by atoms with Gasteiger partial charge in [0.2, 0.25) is 0 Å². The van der Waals surface area contributed by atoms with Crippen LogP contribution in [0.25, 0.3) is 5.57 Å². The third-order valence-electron chi connectivity index (χ3n) is 5.38. The van der Waals surface area contributed by atoms with Crippen LogP contribution in [0.3, 0.4) is 0 Å². The second kappa shape index (κ2) is 9.38. The Hall–Kier alpha value is -4.08. The number of aromatic nitrogens is 1. The molecule has 32 heavy (non-hydrogen) atoms. The molecule has 2 heterocycles. The number of hydrogen-bond donors (Lipinski definition) is 3. The van der Waals surface area contributed by atoms with E-state index >= 15 is 0 Å². The summed E-state index contributed by atoms with van der Waals surface area (Å²) in [5.41, 5.74) is 3.68. The predicted octanol–water partition coefficient (Wildman–Crippen LogP) is 3.41. The number of nitrogens with one attached hydrogen (secondary N) is 3. The van der Waals surface area contributed by atoms with Gasteiger partial charge in [-0.1, -0.05) is 23.4 Å². The molecule has 0 saturated carbocycles. The van der Waals surface area contributed by atoms with Crippen LogP contribution < -0.4 is 10.6 Å². The van der Waals surface area contributed by atoms with Crippen molar-refractivity contribution in [3.05, 3.63) is 75.1 Å². The molecule has 0 bridgehead atoms. The van der Waals surface area contributed by atoms with Gasteiger partial charge in [-0.3, -0.25) is 9.59 Å². The number of nitroso groups, excluding NO2 is 2. The van der Waals surface area contributed by atoms with Crippen molar-refractivity contribution < 1.29 is 14.3 Å². The Balaban J connectivity index is 1.81. The van der Waals surface area contributed by atoms with Crippen molar-refractivity contribution in [1.29, 1.82) is 0 Å². The van der Waals surface area contributed by atoms with E-state index in [-0.39, 0.29) is 31.8 Å². The molecule has 10 nitrogen and oxygen atoms in total. The number of aromatic amines is 1. The van der Waals surface area contributed by atoms with Crippen molar-refractivity contribution in [3.63, 3.8) is 0 Å². The van der Waals surface area contributed by atoms with Gasteiger partial charge >= 0.3 is 0 Å². The molecular weight excluding hydrogens is 414 g/mol. The summed E-state index contributed by atoms with van der Waals surface area (Å²) in [6.07, 6.45) is 3.69. The standard InChI is InChI=1S/C22H21N5O5/c28-17-11-13(22(29)27-31)10-16-19(17)21(25-14-4-2-1-3-5-14)20(26-16)15-6-7-23-12-18(15)32-9-8-24-30/h1-7,13,23,25-26H,8-12H2. The molecule has 1 atom stereocenters. The van der Waals surface area contributed by atoms with Gasteiger partial charge in [0.25, 0.3) is 5.91 Å². The molecule has 1 amide bonds. The van der Waals surface area contributed by atoms with E-state index in [1.54, 1.807) is 12.3 Å². The molecule has 4 rings (SSSR count). The molecule has 0 fully saturated rings. The lowest BCUT2D eigenvalue weighted by Crippen LogP contribution is -2.25. The van der Waals surface area contributed by atoms with E-state index in [4.69, 9.17) is 4.74 Å². The van der Waals surface area contributed by atoms with E-state index in [2.05, 4.69) is 26.0 Å². The lowest BCUT2D eigenvalue weighted by Gasteiger charge is -2.19. The molecule has 2 aliphatic rings. The molecule has 0 radical (unpaired) electrons. The van der Waals surface area contributed by atoms with Crippen LogP contribution in [-0.4, -0.2) is 36.4 Å². The number of ether oxygens (including phenoxy) is 1. The number of anilines is 2. The maximum atomic E-state index is 13.0. The number of amides is 1. The molecule has 1 aromatic heterocycles. The van der Waals surface area contributed by atoms with E-state index in [0.717, 1.165) is 5.69 Å². The van der Waals surface area contributed by atoms with Gasteiger partial charge in [-0.2, -0.15) is 4.91 Å². The SMILES string of the molecule is O=NCCOC1=C(c2[nH]c3c(c2Nc2ccccc2)C(=O)CC(C(=O)N=O)C3)C=CNC1. The lowest BCUT2D eigenvalue weighted by atomic mass is 9.85. The highest BCUT2D eigenvalue weighted by Gasteiger charge is 2.36. The highest BCUT2D eigenvalue weighted by Crippen LogP contribution is 2.40. The Morgan fingerprint density at radius 3 is 2.75 bits per heavy atom. The van der Waals surface area contributed by atoms with Crippen molar-refractivity contribution in [3.8, 4) is 0 Å². The second-order valence-corrected chi connectivity index (χ2v) is 7.43. The molecular formula is C22H21N5O5. The van der Waals surface area contributed by atoms with Crippen LogP contribution in [0.5, 0.6) is 0 Å². The van der Waals surface area contributed by atoms with E-state index in [1.807, 2.05) is 30.3 Å². The number of benzene rings is 1. The quantitative estimate of drug-likeness (QED) is 0.426. The number of allylic oxidation sites excluding steroid dienone is 2. The van der Waals surface area contributed by atoms with Crippen molar-refractivity contribution in [1.82, 2.24) is 10.3 Å². The summed E-state index contributed by atoms with van der Waals surface area (Å²) in [6, 6.07) is 9.38. The monoisotopic (exact) mass is 435 g/mol. The first kappa shape index (κ1) is 21.2. The first-order valence-corrected chi connectivity index (χ1v) is 10.1. The number of Topliss-reactive ketones (excluding diaryl/α,β-unsaturated/α-hetero) is 1. The van der Waals surface area contributed by atoms with Gasteiger partial charge in [-0.15, -0.1) is 4.91 Å². The number of carbonyl (C=O) groups excluding carboxylic acids is 2. The molecule has 10 heteroatoms. The van der Waals surface area contributed by atoms with E-state index < -0.39 is 11.8 Å². The Morgan fingerprint density at radius 2 is 2.00 bits per heavy atom. The summed E-state index contributed by atoms with van der Waals surface area (Å²) in [7, 11) is 0. The molecule has 2 aromatic rings. The van der Waals surface area contributed by atoms with Gasteiger partial charge in [-0.05, 0) is 24.4 Å². The highest BCUT2D eigenvalue weighted by molar-refractivity contribution is 6.08. The van der Waals surface area contributed by atoms with Crippen LogP contribution in [0.1, 0.15) is 28.2 Å². The number of nitrogens with zero attached hydrogens (tertiary/aromatic N) is 2. The fourth-order valence-electron chi connectivity index (χ4n) is 3.94. The van der Waals surface area contributed by atoms with Gasteiger partial charge < -0.3 is 20.4 Å². The average Bonchev–Trinajstić information content (AvgIpc) is 3.18. The molecule has 1 aromatic carbocycles. The summed E-state index contributed by atoms with van der Waals surface area (Å²) in [6.45, 7) is 0.529. The Labute approximate surface area is 183 Å². The average molecular weight is 435 g/mol. The molecule has 164 valence electrons. The summed E-state index contributed by atoms with van der Waals surface area (Å²) in [5, 5.41) is 11.7. The smallest absolute Gasteiger partial charge is 0.290 e. The fourth-order valence-corrected chi connectivity index (χ4v) is 3.94. The second-order valence-electron chi connectivity index (χ2n) is 7.43. The zero-order valence-electron chi connectivity index (χ0n) is 17.1. The molecule has 1 unspecified atom stereocenters. The normalized spacial score (nSPS) is 17.4. The lowest BCUT2D eigenvalue weighted by molar-refractivity contribution is -0.121. The van der Waals surface area contributed by atoms with Crippen LogP contribution in [0.4, 0.5) is 11.4 Å². The van der Waals surface area contributed by atoms with E-state index in [9.17, 15) is 19.4 Å². The van der Waals surface area contributed by atoms with Gasteiger partial charge in [0.05, 0.1) is 29.4 Å². The highest BCUT2D eigenvalue weighted by atomic mass is 16.5. The number of carbonyl (C=O) groups is 2. The van der Waals surface area contributed by atoms with Crippen LogP contribution in [0.15, 0.2) is 58.7 Å². The maximum absolute atomic E-state index is 13.0. The number of ketones is 1. The number of rotatable bonds is 8. The van der Waals surface area contributed by atoms with Crippen LogP contribution in [0.2, 0.25) is 0 Å². The summed E-state index contributed by atoms with van der Waals surface area (Å²) in [4.78, 5) is 49.4. The van der Waals surface area contributed by atoms with Crippen LogP contribution in [-0.2, 0) is 16.0 Å². The zero-order chi connectivity index (χ0) is 22.5. The first-order valence-electron chi connectivity index (χ1n) is 10.1. The fraction of sp³-hybridized carbons (Fsp3) is 0.273. The number of fused-ring (bicyclic) bond motifs is 1. The van der Waals surface area contributed by atoms with Crippen molar-refractivity contribution >= 4 is 28.6 Å². The maximum Gasteiger partial charge on any atom is 0.290 e.